The van der Waals surface area contributed by atoms with Crippen LogP contribution in [-0.2, 0) is 12.8 Å². The number of hydrogen-bond donors (Lipinski definition) is 0. The summed E-state index contributed by atoms with van der Waals surface area (Å²) in [5.74, 6) is 0.895. The van der Waals surface area contributed by atoms with Crippen molar-refractivity contribution < 1.29 is 4.48 Å². The van der Waals surface area contributed by atoms with Gasteiger partial charge in [-0.2, -0.15) is 0 Å². The number of unbranched alkanes of at least 4 members (excludes halogenated alkanes) is 2. The highest BCUT2D eigenvalue weighted by molar-refractivity contribution is 5.15. The third kappa shape index (κ3) is 6.01. The molecule has 1 heterocycles. The summed E-state index contributed by atoms with van der Waals surface area (Å²) in [5.41, 5.74) is 3.01. The fourth-order valence-corrected chi connectivity index (χ4v) is 4.26. The molecule has 0 aromatic heterocycles. The van der Waals surface area contributed by atoms with Crippen molar-refractivity contribution in [2.45, 2.75) is 44.9 Å². The number of nitrogens with zero attached hydrogens (tertiary/aromatic N) is 1. The summed E-state index contributed by atoms with van der Waals surface area (Å²) < 4.78 is 1.30. The average molecular weight is 337 g/mol. The second kappa shape index (κ2) is 9.20. The number of rotatable bonds is 8. The third-order valence-electron chi connectivity index (χ3n) is 6.03. The number of benzene rings is 2. The standard InChI is InChI=1S/C24H34N/c1-25(18-10-4-9-13-22-11-5-2-6-12-22)19-16-24(17-20-25)21-23-14-7-3-8-15-23/h2-3,5-8,11-12,14-15,24H,4,9-10,13,16-21H2,1H3/q+1. The summed E-state index contributed by atoms with van der Waals surface area (Å²) in [6.07, 6.45) is 9.40. The molecule has 0 saturated carbocycles. The number of piperidine rings is 1. The molecular formula is C24H34N+. The minimum Gasteiger partial charge on any atom is -0.326 e. The highest BCUT2D eigenvalue weighted by atomic mass is 15.3. The number of likely N-dealkylation sites (tertiary alicyclic amines) is 1. The van der Waals surface area contributed by atoms with Crippen LogP contribution in [0.1, 0.15) is 43.2 Å². The van der Waals surface area contributed by atoms with Gasteiger partial charge in [0.2, 0.25) is 0 Å². The Balaban J connectivity index is 1.32. The van der Waals surface area contributed by atoms with Crippen LogP contribution in [0.15, 0.2) is 60.7 Å². The van der Waals surface area contributed by atoms with E-state index >= 15 is 0 Å². The summed E-state index contributed by atoms with van der Waals surface area (Å²) in [6, 6.07) is 22.0. The smallest absolute Gasteiger partial charge is 0.0787 e. The molecule has 0 radical (unpaired) electrons. The predicted octanol–water partition coefficient (Wildman–Crippen LogP) is 5.50. The Kier molecular flexibility index (Phi) is 6.69. The highest BCUT2D eigenvalue weighted by Crippen LogP contribution is 2.26. The van der Waals surface area contributed by atoms with E-state index in [1.54, 1.807) is 0 Å². The Morgan fingerprint density at radius 3 is 2.00 bits per heavy atom. The maximum atomic E-state index is 2.48. The molecule has 0 bridgehead atoms. The summed E-state index contributed by atoms with van der Waals surface area (Å²) in [6.45, 7) is 4.11. The molecule has 0 aliphatic carbocycles. The van der Waals surface area contributed by atoms with Gasteiger partial charge in [-0.1, -0.05) is 60.7 Å². The molecular weight excluding hydrogens is 302 g/mol. The van der Waals surface area contributed by atoms with Gasteiger partial charge >= 0.3 is 0 Å². The normalized spacial score (nSPS) is 23.5. The van der Waals surface area contributed by atoms with Crippen molar-refractivity contribution in [3.05, 3.63) is 71.8 Å². The second-order valence-electron chi connectivity index (χ2n) is 8.22. The quantitative estimate of drug-likeness (QED) is 0.441. The first kappa shape index (κ1) is 18.2. The molecule has 1 aliphatic heterocycles. The van der Waals surface area contributed by atoms with Crippen LogP contribution in [0.25, 0.3) is 0 Å². The topological polar surface area (TPSA) is 0 Å². The lowest BCUT2D eigenvalue weighted by Gasteiger charge is -2.41. The number of hydrogen-bond acceptors (Lipinski definition) is 0. The SMILES string of the molecule is C[N+]1(CCCCCc2ccccc2)CCC(Cc2ccccc2)CC1. The molecule has 0 spiro atoms. The van der Waals surface area contributed by atoms with Crippen LogP contribution in [0, 0.1) is 5.92 Å². The first-order valence-electron chi connectivity index (χ1n) is 10.1. The minimum absolute atomic E-state index is 0.895. The summed E-state index contributed by atoms with van der Waals surface area (Å²) in [7, 11) is 2.48. The lowest BCUT2D eigenvalue weighted by molar-refractivity contribution is -0.915. The van der Waals surface area contributed by atoms with Crippen molar-refractivity contribution >= 4 is 0 Å². The minimum atomic E-state index is 0.895. The van der Waals surface area contributed by atoms with Gasteiger partial charge in [-0.25, -0.2) is 0 Å². The van der Waals surface area contributed by atoms with E-state index in [1.165, 1.54) is 80.2 Å². The van der Waals surface area contributed by atoms with Gasteiger partial charge in [0.1, 0.15) is 0 Å². The lowest BCUT2D eigenvalue weighted by atomic mass is 9.89. The molecule has 2 aromatic carbocycles. The first-order chi connectivity index (χ1) is 12.2. The zero-order chi connectivity index (χ0) is 17.4. The maximum absolute atomic E-state index is 2.48. The predicted molar refractivity (Wildman–Crippen MR) is 108 cm³/mol. The van der Waals surface area contributed by atoms with Crippen molar-refractivity contribution in [1.82, 2.24) is 0 Å². The molecule has 1 heteroatoms. The zero-order valence-corrected chi connectivity index (χ0v) is 15.9. The largest absolute Gasteiger partial charge is 0.326 e. The van der Waals surface area contributed by atoms with Crippen LogP contribution in [0.5, 0.6) is 0 Å². The Bertz CT molecular complexity index is 597. The monoisotopic (exact) mass is 336 g/mol. The molecule has 3 rings (SSSR count). The number of aryl methyl sites for hydroxylation is 1. The van der Waals surface area contributed by atoms with Gasteiger partial charge in [-0.3, -0.25) is 0 Å². The van der Waals surface area contributed by atoms with Gasteiger partial charge in [-0.15, -0.1) is 0 Å². The molecule has 25 heavy (non-hydrogen) atoms. The number of quaternary nitrogens is 1. The van der Waals surface area contributed by atoms with E-state index in [9.17, 15) is 0 Å². The van der Waals surface area contributed by atoms with Crippen molar-refractivity contribution in [2.24, 2.45) is 5.92 Å². The summed E-state index contributed by atoms with van der Waals surface area (Å²) in [5, 5.41) is 0. The third-order valence-corrected chi connectivity index (χ3v) is 6.03. The van der Waals surface area contributed by atoms with Crippen LogP contribution in [0.2, 0.25) is 0 Å². The molecule has 1 nitrogen and oxygen atoms in total. The van der Waals surface area contributed by atoms with E-state index in [0.717, 1.165) is 5.92 Å². The van der Waals surface area contributed by atoms with Gasteiger partial charge in [0, 0.05) is 0 Å². The Morgan fingerprint density at radius 2 is 1.36 bits per heavy atom. The fraction of sp³-hybridized carbons (Fsp3) is 0.500. The molecule has 2 aromatic rings. The van der Waals surface area contributed by atoms with Crippen LogP contribution < -0.4 is 0 Å². The van der Waals surface area contributed by atoms with Crippen LogP contribution in [-0.4, -0.2) is 31.2 Å². The Labute approximate surface area is 154 Å². The molecule has 134 valence electrons. The molecule has 1 saturated heterocycles. The van der Waals surface area contributed by atoms with Gasteiger partial charge in [0.25, 0.3) is 0 Å². The summed E-state index contributed by atoms with van der Waals surface area (Å²) in [4.78, 5) is 0. The van der Waals surface area contributed by atoms with Crippen LogP contribution >= 0.6 is 0 Å². The summed E-state index contributed by atoms with van der Waals surface area (Å²) >= 11 is 0. The Morgan fingerprint density at radius 1 is 0.760 bits per heavy atom. The van der Waals surface area contributed by atoms with Crippen LogP contribution in [0.3, 0.4) is 0 Å². The lowest BCUT2D eigenvalue weighted by Crippen LogP contribution is -2.50. The second-order valence-corrected chi connectivity index (χ2v) is 8.22. The van der Waals surface area contributed by atoms with Gasteiger partial charge in [0.15, 0.2) is 0 Å². The van der Waals surface area contributed by atoms with Crippen molar-refractivity contribution in [3.63, 3.8) is 0 Å². The van der Waals surface area contributed by atoms with Crippen molar-refractivity contribution in [3.8, 4) is 0 Å². The highest BCUT2D eigenvalue weighted by Gasteiger charge is 2.29. The fourth-order valence-electron chi connectivity index (χ4n) is 4.26. The van der Waals surface area contributed by atoms with Gasteiger partial charge in [0.05, 0.1) is 26.7 Å². The molecule has 0 amide bonds. The first-order valence-corrected chi connectivity index (χ1v) is 10.1. The maximum Gasteiger partial charge on any atom is 0.0787 e. The van der Waals surface area contributed by atoms with Gasteiger partial charge in [-0.05, 0) is 62.0 Å². The zero-order valence-electron chi connectivity index (χ0n) is 15.9. The van der Waals surface area contributed by atoms with E-state index in [2.05, 4.69) is 67.7 Å². The van der Waals surface area contributed by atoms with Gasteiger partial charge < -0.3 is 4.48 Å². The molecule has 0 unspecified atom stereocenters. The van der Waals surface area contributed by atoms with E-state index in [-0.39, 0.29) is 0 Å². The Hall–Kier alpha value is -1.60. The molecule has 1 aliphatic rings. The van der Waals surface area contributed by atoms with E-state index in [4.69, 9.17) is 0 Å². The van der Waals surface area contributed by atoms with E-state index in [1.807, 2.05) is 0 Å². The van der Waals surface area contributed by atoms with Crippen molar-refractivity contribution in [2.75, 3.05) is 26.7 Å². The molecule has 0 N–H and O–H groups in total. The molecule has 0 atom stereocenters. The van der Waals surface area contributed by atoms with Crippen molar-refractivity contribution in [1.29, 1.82) is 0 Å². The van der Waals surface area contributed by atoms with Crippen LogP contribution in [0.4, 0.5) is 0 Å². The average Bonchev–Trinajstić information content (AvgIpc) is 2.65. The van der Waals surface area contributed by atoms with E-state index in [0.29, 0.717) is 0 Å². The van der Waals surface area contributed by atoms with E-state index < -0.39 is 0 Å². The molecule has 1 fully saturated rings.